The number of fused-ring (bicyclic) bond motifs is 1. The number of benzene rings is 2. The number of rotatable bonds is 8. The molecule has 0 atom stereocenters. The highest BCUT2D eigenvalue weighted by Crippen LogP contribution is 2.29. The van der Waals surface area contributed by atoms with Crippen molar-refractivity contribution in [3.05, 3.63) is 65.7 Å². The zero-order valence-electron chi connectivity index (χ0n) is 20.0. The van der Waals surface area contributed by atoms with Gasteiger partial charge in [0.2, 0.25) is 0 Å². The Morgan fingerprint density at radius 2 is 1.58 bits per heavy atom. The van der Waals surface area contributed by atoms with Crippen molar-refractivity contribution in [1.29, 1.82) is 0 Å². The molecule has 6 N–H and O–H groups in total. The number of nitrogens with zero attached hydrogens (tertiary/aromatic N) is 1. The average molecular weight is 490 g/mol. The number of para-hydroxylation sites is 1. The van der Waals surface area contributed by atoms with Crippen LogP contribution in [0.15, 0.2) is 54.6 Å². The maximum Gasteiger partial charge on any atom is 0.404 e. The fraction of sp³-hybridized carbons (Fsp3) is 0.333. The standard InChI is InChI=1S/C27H31N5O4/c28-26(34)30-16-19-4-3-5-20(12-19)24-13-22(21-6-1-2-7-23(21)32-24)25(33)29-14-17-8-10-18(11-9-17)15-31-27(35)36/h1-7,12-13,17-18,31H,8-11,14-16H2,(H,29,33)(H,35,36)(H3,28,30,34). The van der Waals surface area contributed by atoms with Gasteiger partial charge in [-0.25, -0.2) is 14.6 Å². The highest BCUT2D eigenvalue weighted by atomic mass is 16.4. The van der Waals surface area contributed by atoms with Crippen molar-refractivity contribution in [2.75, 3.05) is 13.1 Å². The summed E-state index contributed by atoms with van der Waals surface area (Å²) >= 11 is 0. The van der Waals surface area contributed by atoms with Crippen LogP contribution in [0.5, 0.6) is 0 Å². The normalized spacial score (nSPS) is 17.3. The summed E-state index contributed by atoms with van der Waals surface area (Å²) in [6.07, 6.45) is 2.83. The topological polar surface area (TPSA) is 146 Å². The van der Waals surface area contributed by atoms with E-state index in [0.717, 1.165) is 47.7 Å². The lowest BCUT2D eigenvalue weighted by atomic mass is 9.82. The van der Waals surface area contributed by atoms with Crippen molar-refractivity contribution >= 4 is 28.9 Å². The van der Waals surface area contributed by atoms with Crippen molar-refractivity contribution < 1.29 is 19.5 Å². The lowest BCUT2D eigenvalue weighted by Gasteiger charge is -2.28. The molecular weight excluding hydrogens is 458 g/mol. The van der Waals surface area contributed by atoms with Gasteiger partial charge in [-0.2, -0.15) is 0 Å². The molecule has 1 fully saturated rings. The van der Waals surface area contributed by atoms with Crippen LogP contribution in [0.3, 0.4) is 0 Å². The number of nitrogens with two attached hydrogens (primary N) is 1. The minimum atomic E-state index is -0.984. The quantitative estimate of drug-likeness (QED) is 0.326. The Kier molecular flexibility index (Phi) is 7.99. The number of amides is 4. The summed E-state index contributed by atoms with van der Waals surface area (Å²) in [5, 5.41) is 17.7. The second kappa shape index (κ2) is 11.5. The van der Waals surface area contributed by atoms with Crippen LogP contribution in [0.1, 0.15) is 41.6 Å². The Bertz CT molecular complexity index is 1250. The molecule has 4 amide bonds. The molecule has 9 nitrogen and oxygen atoms in total. The highest BCUT2D eigenvalue weighted by molar-refractivity contribution is 6.07. The molecule has 0 aliphatic heterocycles. The molecule has 1 aliphatic carbocycles. The lowest BCUT2D eigenvalue weighted by molar-refractivity contribution is 0.0942. The van der Waals surface area contributed by atoms with Crippen molar-refractivity contribution in [3.8, 4) is 11.3 Å². The van der Waals surface area contributed by atoms with Crippen LogP contribution in [0.2, 0.25) is 0 Å². The zero-order chi connectivity index (χ0) is 25.5. The van der Waals surface area contributed by atoms with Gasteiger partial charge in [-0.15, -0.1) is 0 Å². The number of hydrogen-bond acceptors (Lipinski definition) is 4. The van der Waals surface area contributed by atoms with Gasteiger partial charge in [0.05, 0.1) is 16.8 Å². The average Bonchev–Trinajstić information content (AvgIpc) is 2.89. The SMILES string of the molecule is NC(=O)NCc1cccc(-c2cc(C(=O)NCC3CCC(CNC(=O)O)CC3)c3ccccc3n2)c1. The number of carboxylic acid groups (broad SMARTS) is 1. The van der Waals surface area contributed by atoms with Crippen LogP contribution >= 0.6 is 0 Å². The summed E-state index contributed by atoms with van der Waals surface area (Å²) in [6, 6.07) is 16.4. The number of aromatic nitrogens is 1. The number of nitrogens with one attached hydrogen (secondary N) is 3. The van der Waals surface area contributed by atoms with E-state index in [1.165, 1.54) is 0 Å². The predicted molar refractivity (Wildman–Crippen MR) is 137 cm³/mol. The summed E-state index contributed by atoms with van der Waals surface area (Å²) in [4.78, 5) is 39.9. The lowest BCUT2D eigenvalue weighted by Crippen LogP contribution is -2.34. The van der Waals surface area contributed by atoms with E-state index in [2.05, 4.69) is 16.0 Å². The molecule has 2 aromatic carbocycles. The number of carbonyl (C=O) groups is 3. The van der Waals surface area contributed by atoms with E-state index in [1.807, 2.05) is 54.6 Å². The first-order valence-electron chi connectivity index (χ1n) is 12.2. The second-order valence-corrected chi connectivity index (χ2v) is 9.27. The number of hydrogen-bond donors (Lipinski definition) is 5. The van der Waals surface area contributed by atoms with Crippen LogP contribution in [-0.4, -0.2) is 41.2 Å². The van der Waals surface area contributed by atoms with Crippen LogP contribution in [0.4, 0.5) is 9.59 Å². The zero-order valence-corrected chi connectivity index (χ0v) is 20.0. The molecule has 0 spiro atoms. The van der Waals surface area contributed by atoms with E-state index >= 15 is 0 Å². The summed E-state index contributed by atoms with van der Waals surface area (Å²) in [5.74, 6) is 0.585. The summed E-state index contributed by atoms with van der Waals surface area (Å²) in [6.45, 7) is 1.37. The highest BCUT2D eigenvalue weighted by Gasteiger charge is 2.23. The molecular formula is C27H31N5O4. The first-order valence-corrected chi connectivity index (χ1v) is 12.2. The minimum Gasteiger partial charge on any atom is -0.465 e. The van der Waals surface area contributed by atoms with Gasteiger partial charge in [-0.1, -0.05) is 36.4 Å². The third-order valence-corrected chi connectivity index (χ3v) is 6.71. The molecule has 36 heavy (non-hydrogen) atoms. The Balaban J connectivity index is 1.47. The van der Waals surface area contributed by atoms with Gasteiger partial charge in [0.15, 0.2) is 0 Å². The third-order valence-electron chi connectivity index (χ3n) is 6.71. The van der Waals surface area contributed by atoms with Gasteiger partial charge in [-0.3, -0.25) is 4.79 Å². The van der Waals surface area contributed by atoms with E-state index in [9.17, 15) is 14.4 Å². The molecule has 0 saturated heterocycles. The van der Waals surface area contributed by atoms with E-state index in [0.29, 0.717) is 42.7 Å². The minimum absolute atomic E-state index is 0.143. The van der Waals surface area contributed by atoms with Crippen LogP contribution in [-0.2, 0) is 6.54 Å². The van der Waals surface area contributed by atoms with E-state index in [-0.39, 0.29) is 5.91 Å². The molecule has 1 saturated carbocycles. The first kappa shape index (κ1) is 25.0. The largest absolute Gasteiger partial charge is 0.465 e. The van der Waals surface area contributed by atoms with Gasteiger partial charge >= 0.3 is 12.1 Å². The van der Waals surface area contributed by atoms with Gasteiger partial charge in [0.25, 0.3) is 5.91 Å². The number of pyridine rings is 1. The molecule has 0 unspecified atom stereocenters. The first-order chi connectivity index (χ1) is 17.4. The van der Waals surface area contributed by atoms with Crippen molar-refractivity contribution in [3.63, 3.8) is 0 Å². The van der Waals surface area contributed by atoms with E-state index < -0.39 is 12.1 Å². The smallest absolute Gasteiger partial charge is 0.404 e. The van der Waals surface area contributed by atoms with Gasteiger partial charge in [0.1, 0.15) is 0 Å². The Hall–Kier alpha value is -4.14. The van der Waals surface area contributed by atoms with Crippen molar-refractivity contribution in [2.45, 2.75) is 32.2 Å². The van der Waals surface area contributed by atoms with Crippen LogP contribution in [0.25, 0.3) is 22.2 Å². The molecule has 188 valence electrons. The Morgan fingerprint density at radius 1 is 0.889 bits per heavy atom. The summed E-state index contributed by atoms with van der Waals surface area (Å²) < 4.78 is 0. The van der Waals surface area contributed by atoms with Crippen LogP contribution in [0, 0.1) is 11.8 Å². The molecule has 9 heteroatoms. The third kappa shape index (κ3) is 6.50. The van der Waals surface area contributed by atoms with Crippen molar-refractivity contribution in [2.24, 2.45) is 17.6 Å². The molecule has 0 bridgehead atoms. The summed E-state index contributed by atoms with van der Waals surface area (Å²) in [5.41, 5.74) is 8.87. The molecule has 0 radical (unpaired) electrons. The molecule has 3 aromatic rings. The predicted octanol–water partition coefficient (Wildman–Crippen LogP) is 3.87. The van der Waals surface area contributed by atoms with Crippen LogP contribution < -0.4 is 21.7 Å². The molecule has 1 aromatic heterocycles. The van der Waals surface area contributed by atoms with E-state index in [4.69, 9.17) is 15.8 Å². The fourth-order valence-electron chi connectivity index (χ4n) is 4.74. The molecule has 1 aliphatic rings. The maximum absolute atomic E-state index is 13.3. The summed E-state index contributed by atoms with van der Waals surface area (Å²) in [7, 11) is 0. The number of primary amides is 1. The molecule has 1 heterocycles. The maximum atomic E-state index is 13.3. The Morgan fingerprint density at radius 3 is 2.28 bits per heavy atom. The van der Waals surface area contributed by atoms with E-state index in [1.54, 1.807) is 0 Å². The fourth-order valence-corrected chi connectivity index (χ4v) is 4.74. The van der Waals surface area contributed by atoms with Gasteiger partial charge in [-0.05, 0) is 61.3 Å². The second-order valence-electron chi connectivity index (χ2n) is 9.27. The molecule has 4 rings (SSSR count). The van der Waals surface area contributed by atoms with Gasteiger partial charge in [0, 0.05) is 30.6 Å². The Labute approximate surface area is 209 Å². The number of urea groups is 1. The van der Waals surface area contributed by atoms with Gasteiger partial charge < -0.3 is 26.8 Å². The van der Waals surface area contributed by atoms with Crippen molar-refractivity contribution in [1.82, 2.24) is 20.9 Å². The number of carbonyl (C=O) groups excluding carboxylic acids is 2. The monoisotopic (exact) mass is 489 g/mol.